The first kappa shape index (κ1) is 19.4. The minimum atomic E-state index is -0.377. The highest BCUT2D eigenvalue weighted by atomic mass is 16.5. The monoisotopic (exact) mass is 377 g/mol. The smallest absolute Gasteiger partial charge is 0.341 e. The van der Waals surface area contributed by atoms with Gasteiger partial charge < -0.3 is 10.1 Å². The van der Waals surface area contributed by atoms with Gasteiger partial charge in [0, 0.05) is 11.3 Å². The van der Waals surface area contributed by atoms with Crippen LogP contribution in [0.25, 0.3) is 5.69 Å². The molecule has 1 aromatic heterocycles. The number of carbonyl (C=O) groups excluding carboxylic acids is 2. The summed E-state index contributed by atoms with van der Waals surface area (Å²) in [5, 5.41) is 7.37. The van der Waals surface area contributed by atoms with Crippen LogP contribution in [0.4, 0.5) is 5.69 Å². The fourth-order valence-electron chi connectivity index (χ4n) is 3.05. The molecule has 0 atom stereocenters. The van der Waals surface area contributed by atoms with E-state index < -0.39 is 0 Å². The van der Waals surface area contributed by atoms with Gasteiger partial charge in [0.15, 0.2) is 0 Å². The van der Waals surface area contributed by atoms with Gasteiger partial charge in [-0.1, -0.05) is 18.2 Å². The maximum absolute atomic E-state index is 12.5. The molecule has 1 amide bonds. The highest BCUT2D eigenvalue weighted by Crippen LogP contribution is 2.20. The molecular weight excluding hydrogens is 354 g/mol. The van der Waals surface area contributed by atoms with Gasteiger partial charge >= 0.3 is 5.97 Å². The minimum Gasteiger partial charge on any atom is -0.462 e. The fourth-order valence-corrected chi connectivity index (χ4v) is 3.05. The summed E-state index contributed by atoms with van der Waals surface area (Å²) in [4.78, 5) is 24.7. The van der Waals surface area contributed by atoms with Crippen molar-refractivity contribution < 1.29 is 14.3 Å². The summed E-state index contributed by atoms with van der Waals surface area (Å²) in [6.45, 7) is 7.63. The molecule has 0 aliphatic rings. The van der Waals surface area contributed by atoms with Gasteiger partial charge in [-0.25, -0.2) is 9.48 Å². The number of rotatable bonds is 5. The molecule has 1 N–H and O–H groups in total. The Labute approximate surface area is 164 Å². The van der Waals surface area contributed by atoms with E-state index in [0.29, 0.717) is 29.1 Å². The first-order valence-corrected chi connectivity index (χ1v) is 9.13. The van der Waals surface area contributed by atoms with Crippen molar-refractivity contribution in [2.45, 2.75) is 27.7 Å². The lowest BCUT2D eigenvalue weighted by atomic mass is 10.1. The molecule has 0 unspecified atom stereocenters. The number of nitrogens with zero attached hydrogens (tertiary/aromatic N) is 2. The van der Waals surface area contributed by atoms with Crippen molar-refractivity contribution in [2.24, 2.45) is 0 Å². The second kappa shape index (κ2) is 8.08. The Morgan fingerprint density at radius 2 is 1.71 bits per heavy atom. The maximum atomic E-state index is 12.5. The van der Waals surface area contributed by atoms with Crippen LogP contribution in [0.15, 0.2) is 48.5 Å². The highest BCUT2D eigenvalue weighted by molar-refractivity contribution is 6.04. The molecule has 6 heteroatoms. The first-order valence-electron chi connectivity index (χ1n) is 9.13. The van der Waals surface area contributed by atoms with E-state index in [0.717, 1.165) is 16.9 Å². The number of para-hydroxylation sites is 1. The lowest BCUT2D eigenvalue weighted by Crippen LogP contribution is -2.13. The number of nitrogens with one attached hydrogen (secondary N) is 1. The Balaban J connectivity index is 1.83. The largest absolute Gasteiger partial charge is 0.462 e. The summed E-state index contributed by atoms with van der Waals surface area (Å²) >= 11 is 0. The molecule has 1 heterocycles. The van der Waals surface area contributed by atoms with Crippen LogP contribution < -0.4 is 5.32 Å². The lowest BCUT2D eigenvalue weighted by Gasteiger charge is -2.09. The quantitative estimate of drug-likeness (QED) is 0.676. The number of benzene rings is 2. The van der Waals surface area contributed by atoms with E-state index in [4.69, 9.17) is 4.74 Å². The van der Waals surface area contributed by atoms with Gasteiger partial charge in [-0.3, -0.25) is 4.79 Å². The van der Waals surface area contributed by atoms with E-state index in [-0.39, 0.29) is 11.9 Å². The number of ether oxygens (including phenoxy) is 1. The third-order valence-corrected chi connectivity index (χ3v) is 4.54. The van der Waals surface area contributed by atoms with Gasteiger partial charge in [0.2, 0.25) is 0 Å². The number of amides is 1. The summed E-state index contributed by atoms with van der Waals surface area (Å²) in [6.07, 6.45) is 0. The SMILES string of the molecule is CCOC(=O)c1c(C)nn(-c2ccc(C(=O)Nc3ccccc3C)cc2)c1C. The lowest BCUT2D eigenvalue weighted by molar-refractivity contribution is 0.0524. The van der Waals surface area contributed by atoms with Gasteiger partial charge in [-0.2, -0.15) is 5.10 Å². The van der Waals surface area contributed by atoms with Crippen molar-refractivity contribution >= 4 is 17.6 Å². The Bertz CT molecular complexity index is 1020. The molecule has 0 spiro atoms. The Hall–Kier alpha value is -3.41. The summed E-state index contributed by atoms with van der Waals surface area (Å²) < 4.78 is 6.80. The summed E-state index contributed by atoms with van der Waals surface area (Å²) in [5.74, 6) is -0.556. The van der Waals surface area contributed by atoms with Crippen molar-refractivity contribution in [2.75, 3.05) is 11.9 Å². The Morgan fingerprint density at radius 3 is 2.36 bits per heavy atom. The zero-order chi connectivity index (χ0) is 20.3. The van der Waals surface area contributed by atoms with Crippen molar-refractivity contribution in [3.8, 4) is 5.69 Å². The van der Waals surface area contributed by atoms with Gasteiger partial charge in [0.25, 0.3) is 5.91 Å². The average molecular weight is 377 g/mol. The van der Waals surface area contributed by atoms with Crippen LogP contribution in [0.3, 0.4) is 0 Å². The second-order valence-electron chi connectivity index (χ2n) is 6.49. The number of aryl methyl sites for hydroxylation is 2. The molecule has 6 nitrogen and oxygen atoms in total. The number of carbonyl (C=O) groups is 2. The van der Waals surface area contributed by atoms with Crippen LogP contribution in [-0.4, -0.2) is 28.3 Å². The second-order valence-corrected chi connectivity index (χ2v) is 6.49. The normalized spacial score (nSPS) is 10.6. The predicted octanol–water partition coefficient (Wildman–Crippen LogP) is 4.23. The topological polar surface area (TPSA) is 73.2 Å². The number of anilines is 1. The first-order chi connectivity index (χ1) is 13.4. The van der Waals surface area contributed by atoms with Crippen molar-refractivity contribution in [1.82, 2.24) is 9.78 Å². The van der Waals surface area contributed by atoms with Crippen LogP contribution in [0.5, 0.6) is 0 Å². The zero-order valence-electron chi connectivity index (χ0n) is 16.4. The molecule has 28 heavy (non-hydrogen) atoms. The standard InChI is InChI=1S/C22H23N3O3/c1-5-28-22(27)20-15(3)24-25(16(20)4)18-12-10-17(11-13-18)21(26)23-19-9-7-6-8-14(19)2/h6-13H,5H2,1-4H3,(H,23,26). The molecule has 3 aromatic rings. The van der Waals surface area contributed by atoms with Crippen LogP contribution in [-0.2, 0) is 4.74 Å². The van der Waals surface area contributed by atoms with Gasteiger partial charge in [-0.05, 0) is 63.6 Å². The number of hydrogen-bond donors (Lipinski definition) is 1. The highest BCUT2D eigenvalue weighted by Gasteiger charge is 2.20. The molecular formula is C22H23N3O3. The molecule has 0 bridgehead atoms. The average Bonchev–Trinajstić information content (AvgIpc) is 2.98. The van der Waals surface area contributed by atoms with Crippen LogP contribution in [0, 0.1) is 20.8 Å². The van der Waals surface area contributed by atoms with Crippen molar-refractivity contribution in [3.05, 3.63) is 76.6 Å². The van der Waals surface area contributed by atoms with E-state index in [9.17, 15) is 9.59 Å². The molecule has 0 saturated carbocycles. The molecule has 144 valence electrons. The minimum absolute atomic E-state index is 0.179. The number of esters is 1. The predicted molar refractivity (Wildman–Crippen MR) is 108 cm³/mol. The molecule has 2 aromatic carbocycles. The van der Waals surface area contributed by atoms with E-state index in [1.807, 2.05) is 38.1 Å². The van der Waals surface area contributed by atoms with Gasteiger partial charge in [0.05, 0.1) is 23.7 Å². The fraction of sp³-hybridized carbons (Fsp3) is 0.227. The van der Waals surface area contributed by atoms with E-state index in [2.05, 4.69) is 10.4 Å². The van der Waals surface area contributed by atoms with E-state index in [1.54, 1.807) is 42.8 Å². The molecule has 0 radical (unpaired) electrons. The maximum Gasteiger partial charge on any atom is 0.341 e. The number of hydrogen-bond acceptors (Lipinski definition) is 4. The molecule has 3 rings (SSSR count). The van der Waals surface area contributed by atoms with Crippen molar-refractivity contribution in [1.29, 1.82) is 0 Å². The molecule has 0 saturated heterocycles. The summed E-state index contributed by atoms with van der Waals surface area (Å²) in [6, 6.07) is 14.7. The van der Waals surface area contributed by atoms with E-state index >= 15 is 0 Å². The van der Waals surface area contributed by atoms with Crippen LogP contribution >= 0.6 is 0 Å². The Kier molecular flexibility index (Phi) is 5.59. The molecule has 0 aliphatic carbocycles. The van der Waals surface area contributed by atoms with E-state index in [1.165, 1.54) is 0 Å². The number of aromatic nitrogens is 2. The summed E-state index contributed by atoms with van der Waals surface area (Å²) in [5.41, 5.74) is 4.88. The third kappa shape index (κ3) is 3.81. The van der Waals surface area contributed by atoms with Crippen LogP contribution in [0.2, 0.25) is 0 Å². The van der Waals surface area contributed by atoms with Crippen molar-refractivity contribution in [3.63, 3.8) is 0 Å². The van der Waals surface area contributed by atoms with Crippen LogP contribution in [0.1, 0.15) is 44.6 Å². The molecule has 0 aliphatic heterocycles. The molecule has 0 fully saturated rings. The Morgan fingerprint density at radius 1 is 1.04 bits per heavy atom. The van der Waals surface area contributed by atoms with Gasteiger partial charge in [-0.15, -0.1) is 0 Å². The summed E-state index contributed by atoms with van der Waals surface area (Å²) in [7, 11) is 0. The van der Waals surface area contributed by atoms with Gasteiger partial charge in [0.1, 0.15) is 5.56 Å². The zero-order valence-corrected chi connectivity index (χ0v) is 16.4. The third-order valence-electron chi connectivity index (χ3n) is 4.54.